The monoisotopic (exact) mass is 438 g/mol. The highest BCUT2D eigenvalue weighted by molar-refractivity contribution is 6.10. The molecular formula is C28H18N6. The second-order valence-corrected chi connectivity index (χ2v) is 8.13. The summed E-state index contributed by atoms with van der Waals surface area (Å²) < 4.78 is 4.02. The average Bonchev–Trinajstić information content (AvgIpc) is 3.49. The van der Waals surface area contributed by atoms with Crippen molar-refractivity contribution < 1.29 is 0 Å². The van der Waals surface area contributed by atoms with Crippen molar-refractivity contribution in [2.24, 2.45) is 0 Å². The second kappa shape index (κ2) is 7.35. The lowest BCUT2D eigenvalue weighted by Crippen LogP contribution is -1.99. The summed E-state index contributed by atoms with van der Waals surface area (Å²) in [5.41, 5.74) is 5.35. The molecule has 160 valence electrons. The molecule has 0 aliphatic carbocycles. The van der Waals surface area contributed by atoms with Gasteiger partial charge < -0.3 is 4.57 Å². The summed E-state index contributed by atoms with van der Waals surface area (Å²) in [6.07, 6.45) is 1.55. The standard InChI is InChI=1S/C28H18N6/c1-3-9-19(10-4-1)26-31-28-30-18-29-27(34(28)32-26)20-15-16-25-23(17-20)22-13-7-8-14-24(22)33(25)21-11-5-2-6-12-21/h1-18H. The topological polar surface area (TPSA) is 60.9 Å². The van der Waals surface area contributed by atoms with Crippen LogP contribution in [0, 0.1) is 0 Å². The SMILES string of the molecule is c1ccc(-c2nc3ncnc(-c4ccc5c(c4)c4ccccc4n5-c4ccccc4)n3n2)cc1. The van der Waals surface area contributed by atoms with E-state index in [1.54, 1.807) is 10.8 Å². The highest BCUT2D eigenvalue weighted by atomic mass is 15.4. The Morgan fingerprint density at radius 1 is 0.588 bits per heavy atom. The predicted octanol–water partition coefficient (Wildman–Crippen LogP) is 5.95. The Hall–Kier alpha value is -4.84. The summed E-state index contributed by atoms with van der Waals surface area (Å²) in [4.78, 5) is 13.5. The molecule has 0 N–H and O–H groups in total. The maximum atomic E-state index is 4.73. The van der Waals surface area contributed by atoms with Gasteiger partial charge in [-0.3, -0.25) is 0 Å². The molecule has 6 nitrogen and oxygen atoms in total. The minimum Gasteiger partial charge on any atom is -0.309 e. The number of nitrogens with zero attached hydrogens (tertiary/aromatic N) is 6. The first-order valence-corrected chi connectivity index (χ1v) is 11.1. The molecule has 0 saturated heterocycles. The van der Waals surface area contributed by atoms with E-state index in [-0.39, 0.29) is 0 Å². The molecule has 0 aliphatic rings. The molecule has 0 spiro atoms. The zero-order valence-electron chi connectivity index (χ0n) is 18.1. The average molecular weight is 438 g/mol. The van der Waals surface area contributed by atoms with E-state index in [0.717, 1.165) is 27.7 Å². The van der Waals surface area contributed by atoms with Crippen LogP contribution in [-0.2, 0) is 0 Å². The molecule has 0 unspecified atom stereocenters. The Labute approximate surface area is 194 Å². The predicted molar refractivity (Wildman–Crippen MR) is 134 cm³/mol. The fraction of sp³-hybridized carbons (Fsp3) is 0. The van der Waals surface area contributed by atoms with Gasteiger partial charge in [0.05, 0.1) is 11.0 Å². The Morgan fingerprint density at radius 3 is 2.18 bits per heavy atom. The van der Waals surface area contributed by atoms with Crippen molar-refractivity contribution in [2.45, 2.75) is 0 Å². The lowest BCUT2D eigenvalue weighted by Gasteiger charge is -2.08. The van der Waals surface area contributed by atoms with Crippen molar-refractivity contribution in [1.82, 2.24) is 29.1 Å². The van der Waals surface area contributed by atoms with Gasteiger partial charge in [-0.1, -0.05) is 66.7 Å². The van der Waals surface area contributed by atoms with Crippen LogP contribution in [0.5, 0.6) is 0 Å². The molecule has 3 aromatic heterocycles. The number of aromatic nitrogens is 6. The van der Waals surface area contributed by atoms with Crippen molar-refractivity contribution in [1.29, 1.82) is 0 Å². The Morgan fingerprint density at radius 2 is 1.32 bits per heavy atom. The number of fused-ring (bicyclic) bond motifs is 4. The van der Waals surface area contributed by atoms with Gasteiger partial charge in [0.15, 0.2) is 11.6 Å². The zero-order valence-corrected chi connectivity index (χ0v) is 18.1. The number of hydrogen-bond donors (Lipinski definition) is 0. The van der Waals surface area contributed by atoms with Crippen molar-refractivity contribution in [3.8, 4) is 28.5 Å². The third-order valence-electron chi connectivity index (χ3n) is 6.12. The van der Waals surface area contributed by atoms with Crippen LogP contribution in [0.15, 0.2) is 109 Å². The van der Waals surface area contributed by atoms with Crippen LogP contribution in [0.2, 0.25) is 0 Å². The van der Waals surface area contributed by atoms with Crippen molar-refractivity contribution in [3.63, 3.8) is 0 Å². The van der Waals surface area contributed by atoms with Crippen molar-refractivity contribution in [2.75, 3.05) is 0 Å². The minimum absolute atomic E-state index is 0.524. The van der Waals surface area contributed by atoms with Crippen LogP contribution in [0.1, 0.15) is 0 Å². The molecule has 7 aromatic rings. The minimum atomic E-state index is 0.524. The van der Waals surface area contributed by atoms with Gasteiger partial charge in [-0.05, 0) is 36.4 Å². The van der Waals surface area contributed by atoms with E-state index in [4.69, 9.17) is 5.10 Å². The van der Waals surface area contributed by atoms with E-state index in [9.17, 15) is 0 Å². The van der Waals surface area contributed by atoms with Crippen LogP contribution < -0.4 is 0 Å². The molecule has 0 amide bonds. The maximum absolute atomic E-state index is 4.73. The number of hydrogen-bond acceptors (Lipinski definition) is 4. The fourth-order valence-corrected chi connectivity index (χ4v) is 4.59. The summed E-state index contributed by atoms with van der Waals surface area (Å²) in [6.45, 7) is 0. The zero-order chi connectivity index (χ0) is 22.5. The molecule has 0 radical (unpaired) electrons. The Balaban J connectivity index is 1.46. The summed E-state index contributed by atoms with van der Waals surface area (Å²) in [6, 6.07) is 35.3. The first kappa shape index (κ1) is 18.7. The summed E-state index contributed by atoms with van der Waals surface area (Å²) in [7, 11) is 0. The molecule has 3 heterocycles. The highest BCUT2D eigenvalue weighted by Crippen LogP contribution is 2.34. The number of benzene rings is 4. The molecule has 0 saturated carbocycles. The molecule has 0 aliphatic heterocycles. The summed E-state index contributed by atoms with van der Waals surface area (Å²) in [5.74, 6) is 1.86. The molecular weight excluding hydrogens is 420 g/mol. The largest absolute Gasteiger partial charge is 0.309 e. The quantitative estimate of drug-likeness (QED) is 0.342. The van der Waals surface area contributed by atoms with E-state index in [1.807, 2.05) is 36.4 Å². The number of para-hydroxylation sites is 2. The van der Waals surface area contributed by atoms with Crippen LogP contribution >= 0.6 is 0 Å². The number of rotatable bonds is 3. The van der Waals surface area contributed by atoms with E-state index < -0.39 is 0 Å². The van der Waals surface area contributed by atoms with Crippen molar-refractivity contribution in [3.05, 3.63) is 109 Å². The van der Waals surface area contributed by atoms with Crippen LogP contribution in [0.4, 0.5) is 0 Å². The van der Waals surface area contributed by atoms with E-state index in [2.05, 4.69) is 86.2 Å². The van der Waals surface area contributed by atoms with Gasteiger partial charge in [0.1, 0.15) is 6.33 Å². The van der Waals surface area contributed by atoms with E-state index in [0.29, 0.717) is 17.4 Å². The lowest BCUT2D eigenvalue weighted by molar-refractivity contribution is 0.905. The third kappa shape index (κ3) is 2.82. The smallest absolute Gasteiger partial charge is 0.256 e. The van der Waals surface area contributed by atoms with Crippen LogP contribution in [0.25, 0.3) is 56.0 Å². The molecule has 0 bridgehead atoms. The molecule has 4 aromatic carbocycles. The Bertz CT molecular complexity index is 1800. The lowest BCUT2D eigenvalue weighted by atomic mass is 10.1. The van der Waals surface area contributed by atoms with Gasteiger partial charge in [-0.25, -0.2) is 4.98 Å². The first-order chi connectivity index (χ1) is 16.9. The fourth-order valence-electron chi connectivity index (χ4n) is 4.59. The second-order valence-electron chi connectivity index (χ2n) is 8.13. The molecule has 34 heavy (non-hydrogen) atoms. The van der Waals surface area contributed by atoms with E-state index >= 15 is 0 Å². The first-order valence-electron chi connectivity index (χ1n) is 11.1. The summed E-state index contributed by atoms with van der Waals surface area (Å²) in [5, 5.41) is 7.08. The highest BCUT2D eigenvalue weighted by Gasteiger charge is 2.16. The normalized spacial score (nSPS) is 11.5. The van der Waals surface area contributed by atoms with Crippen molar-refractivity contribution >= 4 is 27.6 Å². The van der Waals surface area contributed by atoms with Gasteiger partial charge in [0.2, 0.25) is 0 Å². The summed E-state index contributed by atoms with van der Waals surface area (Å²) >= 11 is 0. The molecule has 6 heteroatoms. The third-order valence-corrected chi connectivity index (χ3v) is 6.12. The van der Waals surface area contributed by atoms with Crippen LogP contribution in [-0.4, -0.2) is 29.1 Å². The Kier molecular flexibility index (Phi) is 4.04. The van der Waals surface area contributed by atoms with Gasteiger partial charge in [-0.2, -0.15) is 14.5 Å². The maximum Gasteiger partial charge on any atom is 0.256 e. The van der Waals surface area contributed by atoms with Gasteiger partial charge in [0, 0.05) is 27.6 Å². The van der Waals surface area contributed by atoms with Crippen LogP contribution in [0.3, 0.4) is 0 Å². The molecule has 7 rings (SSSR count). The molecule has 0 atom stereocenters. The van der Waals surface area contributed by atoms with Gasteiger partial charge >= 0.3 is 0 Å². The van der Waals surface area contributed by atoms with E-state index in [1.165, 1.54) is 10.9 Å². The molecule has 0 fully saturated rings. The van der Waals surface area contributed by atoms with Gasteiger partial charge in [0.25, 0.3) is 5.78 Å². The van der Waals surface area contributed by atoms with Gasteiger partial charge in [-0.15, -0.1) is 5.10 Å².